The quantitative estimate of drug-likeness (QED) is 0.587. The van der Waals surface area contributed by atoms with Crippen molar-refractivity contribution in [1.29, 1.82) is 0 Å². The third kappa shape index (κ3) is 3.62. The molecule has 3 aliphatic carbocycles. The molecule has 1 aromatic heterocycles. The topological polar surface area (TPSA) is 86.6 Å². The van der Waals surface area contributed by atoms with Crippen molar-refractivity contribution in [2.75, 3.05) is 0 Å². The number of amides is 1. The molecule has 1 aromatic carbocycles. The molecule has 5 atom stereocenters. The van der Waals surface area contributed by atoms with E-state index < -0.39 is 5.97 Å². The predicted molar refractivity (Wildman–Crippen MR) is 118 cm³/mol. The lowest BCUT2D eigenvalue weighted by atomic mass is 9.42. The molecule has 2 aromatic rings. The Kier molecular flexibility index (Phi) is 5.39. The molecule has 1 amide bonds. The minimum absolute atomic E-state index is 0.143. The molecule has 3 fully saturated rings. The maximum atomic E-state index is 12.7. The van der Waals surface area contributed by atoms with Crippen LogP contribution in [0.4, 0.5) is 0 Å². The standard InChI is InChI=1S/C24H29NO4S/c1-13(23(28)29)8-14-9-15-10-20(24(15,2)3)17(14)6-7-25-22(27)19-12-30-21-5-4-16(26)11-18(19)21/h4-7,11-15,17,20,26H,8-10H2,1-3H3,(H,25,27)(H,28,29)/b7-6+/t13?,14-,15-,17+,20-/m0/s1. The van der Waals surface area contributed by atoms with Gasteiger partial charge in [0.05, 0.1) is 11.5 Å². The SMILES string of the molecule is CC(C[C@H]1C[C@H]2C[C@@H]([C@@H]1/C=C/NC(=O)c1csc3ccc(O)cc13)C2(C)C)C(=O)O. The number of aromatic hydroxyl groups is 1. The highest BCUT2D eigenvalue weighted by molar-refractivity contribution is 7.17. The van der Waals surface area contributed by atoms with Gasteiger partial charge in [-0.2, -0.15) is 0 Å². The molecule has 0 saturated heterocycles. The molecule has 0 radical (unpaired) electrons. The van der Waals surface area contributed by atoms with Gasteiger partial charge in [-0.25, -0.2) is 0 Å². The van der Waals surface area contributed by atoms with Gasteiger partial charge in [0.1, 0.15) is 5.75 Å². The van der Waals surface area contributed by atoms with Crippen molar-refractivity contribution < 1.29 is 19.8 Å². The van der Waals surface area contributed by atoms with Crippen molar-refractivity contribution in [2.24, 2.45) is 35.0 Å². The molecule has 1 heterocycles. The molecule has 1 unspecified atom stereocenters. The number of carboxylic acids is 1. The number of rotatable bonds is 6. The van der Waals surface area contributed by atoms with Gasteiger partial charge in [0.15, 0.2) is 0 Å². The molecule has 3 saturated carbocycles. The van der Waals surface area contributed by atoms with Gasteiger partial charge in [-0.1, -0.05) is 26.8 Å². The summed E-state index contributed by atoms with van der Waals surface area (Å²) in [5.74, 6) is 0.648. The van der Waals surface area contributed by atoms with Gasteiger partial charge in [0.2, 0.25) is 0 Å². The Labute approximate surface area is 180 Å². The van der Waals surface area contributed by atoms with Gasteiger partial charge >= 0.3 is 5.97 Å². The van der Waals surface area contributed by atoms with E-state index in [1.807, 2.05) is 11.4 Å². The molecule has 2 bridgehead atoms. The first-order chi connectivity index (χ1) is 14.2. The van der Waals surface area contributed by atoms with Crippen LogP contribution in [0.2, 0.25) is 0 Å². The summed E-state index contributed by atoms with van der Waals surface area (Å²) in [6, 6.07) is 5.05. The van der Waals surface area contributed by atoms with Crippen LogP contribution in [0.1, 0.15) is 50.4 Å². The van der Waals surface area contributed by atoms with Crippen molar-refractivity contribution in [1.82, 2.24) is 5.32 Å². The van der Waals surface area contributed by atoms with E-state index in [1.165, 1.54) is 17.8 Å². The zero-order valence-corrected chi connectivity index (χ0v) is 18.4. The van der Waals surface area contributed by atoms with Gasteiger partial charge in [0, 0.05) is 21.7 Å². The van der Waals surface area contributed by atoms with Crippen molar-refractivity contribution in [3.8, 4) is 5.75 Å². The molecule has 30 heavy (non-hydrogen) atoms. The van der Waals surface area contributed by atoms with E-state index >= 15 is 0 Å². The fourth-order valence-electron chi connectivity index (χ4n) is 5.57. The van der Waals surface area contributed by atoms with Crippen LogP contribution in [0.15, 0.2) is 35.9 Å². The molecular formula is C24H29NO4S. The molecular weight excluding hydrogens is 398 g/mol. The van der Waals surface area contributed by atoms with Crippen molar-refractivity contribution >= 4 is 33.3 Å². The maximum absolute atomic E-state index is 12.7. The van der Waals surface area contributed by atoms with E-state index in [0.717, 1.165) is 16.5 Å². The van der Waals surface area contributed by atoms with Gasteiger partial charge < -0.3 is 15.5 Å². The highest BCUT2D eigenvalue weighted by Crippen LogP contribution is 2.64. The van der Waals surface area contributed by atoms with Crippen LogP contribution in [-0.2, 0) is 4.79 Å². The molecule has 3 aliphatic rings. The number of carbonyl (C=O) groups excluding carboxylic acids is 1. The summed E-state index contributed by atoms with van der Waals surface area (Å²) in [7, 11) is 0. The highest BCUT2D eigenvalue weighted by atomic mass is 32.1. The van der Waals surface area contributed by atoms with Crippen LogP contribution in [0.25, 0.3) is 10.1 Å². The summed E-state index contributed by atoms with van der Waals surface area (Å²) in [5.41, 5.74) is 0.822. The van der Waals surface area contributed by atoms with Crippen LogP contribution in [0, 0.1) is 35.0 Å². The molecule has 3 N–H and O–H groups in total. The summed E-state index contributed by atoms with van der Waals surface area (Å²) in [5, 5.41) is 24.5. The van der Waals surface area contributed by atoms with E-state index in [0.29, 0.717) is 29.7 Å². The monoisotopic (exact) mass is 427 g/mol. The summed E-state index contributed by atoms with van der Waals surface area (Å²) < 4.78 is 0.958. The first kappa shape index (κ1) is 20.9. The van der Waals surface area contributed by atoms with Crippen LogP contribution in [-0.4, -0.2) is 22.1 Å². The average Bonchev–Trinajstić information content (AvgIpc) is 3.11. The van der Waals surface area contributed by atoms with E-state index in [1.54, 1.807) is 25.3 Å². The number of carboxylic acid groups (broad SMARTS) is 1. The zero-order valence-electron chi connectivity index (χ0n) is 17.6. The molecule has 0 spiro atoms. The molecule has 6 heteroatoms. The summed E-state index contributed by atoms with van der Waals surface area (Å²) >= 11 is 1.48. The number of carbonyl (C=O) groups is 2. The minimum atomic E-state index is -0.739. The second kappa shape index (κ2) is 7.73. The van der Waals surface area contributed by atoms with Crippen LogP contribution in [0.3, 0.4) is 0 Å². The van der Waals surface area contributed by atoms with E-state index in [9.17, 15) is 19.8 Å². The second-order valence-electron chi connectivity index (χ2n) is 9.57. The van der Waals surface area contributed by atoms with E-state index in [-0.39, 0.29) is 28.9 Å². The fraction of sp³-hybridized carbons (Fsp3) is 0.500. The molecule has 5 rings (SSSR count). The average molecular weight is 428 g/mol. The van der Waals surface area contributed by atoms with Crippen LogP contribution < -0.4 is 5.32 Å². The predicted octanol–water partition coefficient (Wildman–Crippen LogP) is 5.26. The lowest BCUT2D eigenvalue weighted by molar-refractivity contribution is -0.145. The normalized spacial score (nSPS) is 28.2. The van der Waals surface area contributed by atoms with Crippen molar-refractivity contribution in [3.05, 3.63) is 41.4 Å². The molecule has 5 nitrogen and oxygen atoms in total. The van der Waals surface area contributed by atoms with Crippen molar-refractivity contribution in [3.63, 3.8) is 0 Å². The summed E-state index contributed by atoms with van der Waals surface area (Å²) in [6.45, 7) is 6.41. The van der Waals surface area contributed by atoms with Crippen molar-refractivity contribution in [2.45, 2.75) is 40.0 Å². The lowest BCUT2D eigenvalue weighted by Crippen LogP contribution is -2.55. The van der Waals surface area contributed by atoms with Crippen LogP contribution >= 0.6 is 11.3 Å². The number of thiophene rings is 1. The number of phenols is 1. The number of benzene rings is 1. The Morgan fingerprint density at radius 1 is 1.33 bits per heavy atom. The zero-order chi connectivity index (χ0) is 21.6. The number of aliphatic carboxylic acids is 1. The largest absolute Gasteiger partial charge is 0.508 e. The third-order valence-electron chi connectivity index (χ3n) is 7.55. The maximum Gasteiger partial charge on any atom is 0.306 e. The van der Waals surface area contributed by atoms with Gasteiger partial charge in [-0.05, 0) is 66.5 Å². The second-order valence-corrected chi connectivity index (χ2v) is 10.5. The Hall–Kier alpha value is -2.34. The van der Waals surface area contributed by atoms with E-state index in [4.69, 9.17) is 0 Å². The number of allylic oxidation sites excluding steroid dienone is 1. The smallest absolute Gasteiger partial charge is 0.306 e. The Bertz CT molecular complexity index is 1010. The summed E-state index contributed by atoms with van der Waals surface area (Å²) in [6.07, 6.45) is 6.74. The van der Waals surface area contributed by atoms with E-state index in [2.05, 4.69) is 25.2 Å². The third-order valence-corrected chi connectivity index (χ3v) is 8.52. The molecule has 0 aliphatic heterocycles. The minimum Gasteiger partial charge on any atom is -0.508 e. The summed E-state index contributed by atoms with van der Waals surface area (Å²) in [4.78, 5) is 24.1. The number of fused-ring (bicyclic) bond motifs is 3. The highest BCUT2D eigenvalue weighted by Gasteiger charge is 2.56. The Morgan fingerprint density at radius 2 is 2.10 bits per heavy atom. The Balaban J connectivity index is 1.49. The molecule has 160 valence electrons. The first-order valence-electron chi connectivity index (χ1n) is 10.6. The number of hydrogen-bond donors (Lipinski definition) is 3. The van der Waals surface area contributed by atoms with Gasteiger partial charge in [0.25, 0.3) is 5.91 Å². The first-order valence-corrected chi connectivity index (χ1v) is 11.5. The number of phenolic OH excluding ortho intramolecular Hbond substituents is 1. The van der Waals surface area contributed by atoms with Gasteiger partial charge in [-0.3, -0.25) is 9.59 Å². The number of hydrogen-bond acceptors (Lipinski definition) is 4. The lowest BCUT2D eigenvalue weighted by Gasteiger charge is -2.62. The fourth-order valence-corrected chi connectivity index (χ4v) is 6.49. The van der Waals surface area contributed by atoms with Gasteiger partial charge in [-0.15, -0.1) is 11.3 Å². The Morgan fingerprint density at radius 3 is 2.80 bits per heavy atom. The van der Waals surface area contributed by atoms with Crippen LogP contribution in [0.5, 0.6) is 5.75 Å². The number of nitrogens with one attached hydrogen (secondary N) is 1.